The van der Waals surface area contributed by atoms with E-state index in [4.69, 9.17) is 0 Å². The molecule has 0 amide bonds. The zero-order valence-electron chi connectivity index (χ0n) is 5.54. The van der Waals surface area contributed by atoms with Crippen molar-refractivity contribution in [2.24, 2.45) is 0 Å². The van der Waals surface area contributed by atoms with Gasteiger partial charge < -0.3 is 0 Å². The predicted octanol–water partition coefficient (Wildman–Crippen LogP) is 5.54. The van der Waals surface area contributed by atoms with Crippen molar-refractivity contribution in [1.82, 2.24) is 0 Å². The quantitative estimate of drug-likeness (QED) is 0.439. The number of hydrogen-bond donors (Lipinski definition) is 0. The molecule has 0 spiro atoms. The molecule has 2 heterocycles. The Balaban J connectivity index is 2.16. The second-order valence-corrected chi connectivity index (χ2v) is 9.85. The minimum atomic E-state index is 1.41. The zero-order chi connectivity index (χ0) is 8.55. The highest BCUT2D eigenvalue weighted by atomic mass is 127. The maximum absolute atomic E-state index is 2.40. The van der Waals surface area contributed by atoms with Crippen LogP contribution in [-0.2, 0) is 0 Å². The third-order valence-corrected chi connectivity index (χ3v) is 10.1. The minimum absolute atomic E-state index is 1.41. The van der Waals surface area contributed by atoms with Gasteiger partial charge in [0.1, 0.15) is 0 Å². The van der Waals surface area contributed by atoms with E-state index in [1.54, 1.807) is 0 Å². The summed E-state index contributed by atoms with van der Waals surface area (Å²) in [5.41, 5.74) is 0. The van der Waals surface area contributed by atoms with E-state index < -0.39 is 0 Å². The Labute approximate surface area is 115 Å². The van der Waals surface area contributed by atoms with E-state index in [0.29, 0.717) is 0 Å². The molecule has 0 atom stereocenters. The minimum Gasteiger partial charge on any atom is -0.0884 e. The molecule has 0 nitrogen and oxygen atoms in total. The van der Waals surface area contributed by atoms with Crippen molar-refractivity contribution >= 4 is 92.2 Å². The first-order valence-corrected chi connectivity index (χ1v) is 8.46. The molecule has 2 aliphatic rings. The zero-order valence-corrected chi connectivity index (χ0v) is 13.1. The Kier molecular flexibility index (Phi) is 4.18. The average Bonchev–Trinajstić information content (AvgIpc) is 2.61. The lowest BCUT2D eigenvalue weighted by atomic mass is 11.2. The molecule has 0 saturated carbocycles. The van der Waals surface area contributed by atoms with Gasteiger partial charge in [0, 0.05) is 0 Å². The monoisotopic (exact) mass is 456 g/mol. The summed E-state index contributed by atoms with van der Waals surface area (Å²) in [5, 5.41) is 4.29. The molecule has 0 unspecified atom stereocenters. The molecule has 0 fully saturated rings. The molecule has 6 heteroatoms. The van der Waals surface area contributed by atoms with Crippen molar-refractivity contribution in [2.75, 3.05) is 0 Å². The van der Waals surface area contributed by atoms with Gasteiger partial charge in [-0.15, -0.1) is 0 Å². The SMILES string of the molecule is IC1=C(I)SC(=C2SC=CS2)S1. The summed E-state index contributed by atoms with van der Waals surface area (Å²) >= 11 is 12.2. The Hall–Kier alpha value is 2.08. The van der Waals surface area contributed by atoms with Crippen molar-refractivity contribution in [3.8, 4) is 0 Å². The van der Waals surface area contributed by atoms with Gasteiger partial charge >= 0.3 is 0 Å². The van der Waals surface area contributed by atoms with E-state index in [2.05, 4.69) is 56.0 Å². The summed E-state index contributed by atoms with van der Waals surface area (Å²) in [6.45, 7) is 0. The number of hydrogen-bond acceptors (Lipinski definition) is 4. The fourth-order valence-corrected chi connectivity index (χ4v) is 7.61. The van der Waals surface area contributed by atoms with Crippen molar-refractivity contribution in [1.29, 1.82) is 0 Å². The third kappa shape index (κ3) is 2.36. The van der Waals surface area contributed by atoms with Gasteiger partial charge in [0.25, 0.3) is 0 Å². The van der Waals surface area contributed by atoms with Crippen LogP contribution in [0.3, 0.4) is 0 Å². The van der Waals surface area contributed by atoms with Gasteiger partial charge in [-0.25, -0.2) is 0 Å². The van der Waals surface area contributed by atoms with E-state index in [9.17, 15) is 0 Å². The normalized spacial score (nSPS) is 23.2. The van der Waals surface area contributed by atoms with E-state index in [-0.39, 0.29) is 0 Å². The van der Waals surface area contributed by atoms with Crippen LogP contribution < -0.4 is 0 Å². The lowest BCUT2D eigenvalue weighted by Gasteiger charge is -1.98. The van der Waals surface area contributed by atoms with E-state index in [0.717, 1.165) is 0 Å². The molecular weight excluding hydrogens is 454 g/mol. The van der Waals surface area contributed by atoms with Crippen molar-refractivity contribution in [3.63, 3.8) is 0 Å². The van der Waals surface area contributed by atoms with Crippen LogP contribution in [-0.4, -0.2) is 0 Å². The highest BCUT2D eigenvalue weighted by Crippen LogP contribution is 2.59. The van der Waals surface area contributed by atoms with Gasteiger partial charge in [-0.3, -0.25) is 0 Å². The van der Waals surface area contributed by atoms with Gasteiger partial charge in [-0.2, -0.15) is 0 Å². The number of halogens is 2. The molecule has 2 rings (SSSR count). The fraction of sp³-hybridized carbons (Fsp3) is 0. The van der Waals surface area contributed by atoms with Crippen LogP contribution in [0.2, 0.25) is 0 Å². The first-order valence-electron chi connectivity index (χ1n) is 2.91. The summed E-state index contributed by atoms with van der Waals surface area (Å²) in [6, 6.07) is 0. The predicted molar refractivity (Wildman–Crippen MR) is 81.6 cm³/mol. The van der Waals surface area contributed by atoms with Crippen molar-refractivity contribution in [3.05, 3.63) is 25.1 Å². The molecule has 0 N–H and O–H groups in total. The summed E-state index contributed by atoms with van der Waals surface area (Å²) in [5.74, 6) is 0. The molecule has 0 aromatic carbocycles. The number of rotatable bonds is 0. The Morgan fingerprint density at radius 3 is 1.83 bits per heavy atom. The van der Waals surface area contributed by atoms with Crippen LogP contribution in [0.4, 0.5) is 0 Å². The summed E-state index contributed by atoms with van der Waals surface area (Å²) < 4.78 is 5.71. The van der Waals surface area contributed by atoms with Crippen LogP contribution in [0.25, 0.3) is 0 Å². The summed E-state index contributed by atoms with van der Waals surface area (Å²) in [6.07, 6.45) is 0. The van der Waals surface area contributed by atoms with Crippen LogP contribution in [0.5, 0.6) is 0 Å². The van der Waals surface area contributed by atoms with Crippen LogP contribution in [0, 0.1) is 0 Å². The Morgan fingerprint density at radius 1 is 0.833 bits per heavy atom. The van der Waals surface area contributed by atoms with E-state index in [1.165, 1.54) is 14.3 Å². The molecular formula is C6H2I2S4. The molecule has 0 bridgehead atoms. The molecule has 12 heavy (non-hydrogen) atoms. The van der Waals surface area contributed by atoms with Crippen LogP contribution >= 0.6 is 92.2 Å². The number of thioether (sulfide) groups is 4. The Morgan fingerprint density at radius 2 is 1.33 bits per heavy atom. The summed E-state index contributed by atoms with van der Waals surface area (Å²) in [4.78, 5) is 0. The van der Waals surface area contributed by atoms with Gasteiger partial charge in [-0.1, -0.05) is 47.0 Å². The van der Waals surface area contributed by atoms with Gasteiger partial charge in [0.2, 0.25) is 0 Å². The molecule has 2 aliphatic heterocycles. The molecule has 0 aromatic heterocycles. The maximum Gasteiger partial charge on any atom is 0.0715 e. The van der Waals surface area contributed by atoms with Gasteiger partial charge in [-0.05, 0) is 56.0 Å². The topological polar surface area (TPSA) is 0 Å². The highest BCUT2D eigenvalue weighted by molar-refractivity contribution is 14.1. The molecule has 0 saturated heterocycles. The van der Waals surface area contributed by atoms with Gasteiger partial charge in [0.05, 0.1) is 14.3 Å². The van der Waals surface area contributed by atoms with Crippen molar-refractivity contribution < 1.29 is 0 Å². The first kappa shape index (κ1) is 10.6. The highest BCUT2D eigenvalue weighted by Gasteiger charge is 2.21. The van der Waals surface area contributed by atoms with Crippen LogP contribution in [0.15, 0.2) is 25.1 Å². The molecule has 0 aliphatic carbocycles. The van der Waals surface area contributed by atoms with E-state index >= 15 is 0 Å². The summed E-state index contributed by atoms with van der Waals surface area (Å²) in [7, 11) is 0. The molecule has 0 radical (unpaired) electrons. The lowest BCUT2D eigenvalue weighted by molar-refractivity contribution is 2.38. The average molecular weight is 456 g/mol. The third-order valence-electron chi connectivity index (χ3n) is 1.09. The smallest absolute Gasteiger partial charge is 0.0715 e. The second kappa shape index (κ2) is 4.73. The fourth-order valence-electron chi connectivity index (χ4n) is 0.650. The first-order chi connectivity index (χ1) is 5.77. The second-order valence-electron chi connectivity index (χ2n) is 1.83. The molecule has 0 aromatic rings. The molecule has 64 valence electrons. The van der Waals surface area contributed by atoms with Crippen LogP contribution in [0.1, 0.15) is 0 Å². The van der Waals surface area contributed by atoms with Crippen molar-refractivity contribution in [2.45, 2.75) is 0 Å². The standard InChI is InChI=1S/C6H2I2S4/c7-3-4(8)12-6(11-3)5-9-1-2-10-5/h1-2H. The lowest BCUT2D eigenvalue weighted by Crippen LogP contribution is -1.63. The Bertz CT molecular complexity index is 279. The largest absolute Gasteiger partial charge is 0.0884 e. The maximum atomic E-state index is 2.40. The van der Waals surface area contributed by atoms with E-state index in [1.807, 2.05) is 47.0 Å². The van der Waals surface area contributed by atoms with Gasteiger partial charge in [0.15, 0.2) is 0 Å².